The number of fused-ring (bicyclic) bond motifs is 1. The molecule has 0 radical (unpaired) electrons. The Hall–Kier alpha value is -3.61. The number of nitrogens with zero attached hydrogens (tertiary/aromatic N) is 3. The van der Waals surface area contributed by atoms with Gasteiger partial charge in [0.25, 0.3) is 0 Å². The van der Waals surface area contributed by atoms with Gasteiger partial charge in [0.2, 0.25) is 5.91 Å². The highest BCUT2D eigenvalue weighted by Gasteiger charge is 2.26. The molecule has 1 aliphatic rings. The third kappa shape index (κ3) is 5.24. The number of benzene rings is 2. The number of para-hydroxylation sites is 1. The summed E-state index contributed by atoms with van der Waals surface area (Å²) in [6, 6.07) is 13.9. The first-order valence-electron chi connectivity index (χ1n) is 11.0. The van der Waals surface area contributed by atoms with Gasteiger partial charge in [0, 0.05) is 30.8 Å². The number of hydrogen-bond acceptors (Lipinski definition) is 7. The average Bonchev–Trinajstić information content (AvgIpc) is 2.87. The van der Waals surface area contributed by atoms with Crippen LogP contribution in [0.25, 0.3) is 11.1 Å². The van der Waals surface area contributed by atoms with Crippen LogP contribution >= 0.6 is 11.8 Å². The van der Waals surface area contributed by atoms with Crippen molar-refractivity contribution >= 4 is 23.4 Å². The number of anilines is 1. The lowest BCUT2D eigenvalue weighted by atomic mass is 9.91. The Labute approximate surface area is 207 Å². The van der Waals surface area contributed by atoms with E-state index in [1.165, 1.54) is 23.9 Å². The quantitative estimate of drug-likeness (QED) is 0.486. The Morgan fingerprint density at radius 3 is 2.71 bits per heavy atom. The highest BCUT2D eigenvalue weighted by Crippen LogP contribution is 2.40. The summed E-state index contributed by atoms with van der Waals surface area (Å²) in [5, 5.41) is 13.2. The molecule has 1 N–H and O–H groups in total. The van der Waals surface area contributed by atoms with Crippen LogP contribution in [0.4, 0.5) is 10.1 Å². The Kier molecular flexibility index (Phi) is 7.54. The second kappa shape index (κ2) is 10.8. The molecule has 7 nitrogen and oxygen atoms in total. The molecule has 0 aliphatic carbocycles. The molecule has 180 valence electrons. The fraction of sp³-hybridized carbons (Fsp3) is 0.269. The molecule has 0 bridgehead atoms. The van der Waals surface area contributed by atoms with Crippen LogP contribution in [-0.2, 0) is 17.8 Å². The summed E-state index contributed by atoms with van der Waals surface area (Å²) in [7, 11) is 5.17. The van der Waals surface area contributed by atoms with Crippen LogP contribution in [0.5, 0.6) is 11.5 Å². The first-order chi connectivity index (χ1) is 16.9. The number of nitriles is 1. The smallest absolute Gasteiger partial charge is 0.234 e. The molecule has 0 atom stereocenters. The second-order valence-corrected chi connectivity index (χ2v) is 9.04. The number of amides is 1. The van der Waals surface area contributed by atoms with Crippen molar-refractivity contribution in [2.45, 2.75) is 18.0 Å². The minimum atomic E-state index is -0.504. The van der Waals surface area contributed by atoms with Crippen molar-refractivity contribution in [2.24, 2.45) is 0 Å². The van der Waals surface area contributed by atoms with Crippen LogP contribution in [-0.4, -0.2) is 49.4 Å². The van der Waals surface area contributed by atoms with Crippen LogP contribution in [0, 0.1) is 17.1 Å². The van der Waals surface area contributed by atoms with Crippen LogP contribution in [0.1, 0.15) is 16.8 Å². The lowest BCUT2D eigenvalue weighted by molar-refractivity contribution is -0.113. The van der Waals surface area contributed by atoms with Gasteiger partial charge in [-0.15, -0.1) is 0 Å². The number of halogens is 1. The second-order valence-electron chi connectivity index (χ2n) is 8.08. The summed E-state index contributed by atoms with van der Waals surface area (Å²) in [5.74, 6) is 0.252. The molecule has 35 heavy (non-hydrogen) atoms. The lowest BCUT2D eigenvalue weighted by Gasteiger charge is -2.28. The maximum atomic E-state index is 13.9. The van der Waals surface area contributed by atoms with Gasteiger partial charge >= 0.3 is 0 Å². The summed E-state index contributed by atoms with van der Waals surface area (Å²) in [6.45, 7) is 1.49. The lowest BCUT2D eigenvalue weighted by Crippen LogP contribution is -2.28. The number of rotatable bonds is 7. The number of pyridine rings is 1. The van der Waals surface area contributed by atoms with Gasteiger partial charge in [-0.3, -0.25) is 4.79 Å². The molecular weight excluding hydrogens is 467 g/mol. The van der Waals surface area contributed by atoms with E-state index < -0.39 is 5.82 Å². The maximum Gasteiger partial charge on any atom is 0.234 e. The van der Waals surface area contributed by atoms with Gasteiger partial charge in [-0.25, -0.2) is 9.37 Å². The number of ether oxygens (including phenoxy) is 2. The minimum Gasteiger partial charge on any atom is -0.493 e. The topological polar surface area (TPSA) is 87.5 Å². The minimum absolute atomic E-state index is 0.0138. The molecule has 3 aromatic rings. The van der Waals surface area contributed by atoms with Gasteiger partial charge in [-0.05, 0) is 42.4 Å². The number of hydrogen-bond donors (Lipinski definition) is 1. The van der Waals surface area contributed by atoms with Gasteiger partial charge in [-0.2, -0.15) is 5.26 Å². The molecule has 0 saturated heterocycles. The Balaban J connectivity index is 1.72. The fourth-order valence-electron chi connectivity index (χ4n) is 4.07. The zero-order valence-corrected chi connectivity index (χ0v) is 20.5. The van der Waals surface area contributed by atoms with Gasteiger partial charge in [0.15, 0.2) is 11.5 Å². The van der Waals surface area contributed by atoms with Crippen molar-refractivity contribution in [3.63, 3.8) is 0 Å². The summed E-state index contributed by atoms with van der Waals surface area (Å²) < 4.78 is 24.8. The van der Waals surface area contributed by atoms with Gasteiger partial charge in [0.05, 0.1) is 31.2 Å². The van der Waals surface area contributed by atoms with Crippen molar-refractivity contribution in [3.05, 3.63) is 65.1 Å². The number of likely N-dealkylation sites (N-methyl/N-ethyl adjacent to an activating group) is 1. The number of methoxy groups -OCH3 is 2. The van der Waals surface area contributed by atoms with Crippen LogP contribution < -0.4 is 14.8 Å². The fourth-order valence-corrected chi connectivity index (χ4v) is 4.88. The van der Waals surface area contributed by atoms with Gasteiger partial charge in [-0.1, -0.05) is 30.0 Å². The van der Waals surface area contributed by atoms with E-state index >= 15 is 0 Å². The highest BCUT2D eigenvalue weighted by atomic mass is 32.2. The van der Waals surface area contributed by atoms with E-state index in [1.807, 2.05) is 25.2 Å². The average molecular weight is 493 g/mol. The molecule has 0 unspecified atom stereocenters. The summed E-state index contributed by atoms with van der Waals surface area (Å²) in [6.07, 6.45) is 0.729. The molecule has 0 saturated carbocycles. The number of nitrogens with one attached hydrogen (secondary N) is 1. The molecule has 1 aromatic heterocycles. The predicted octanol–water partition coefficient (Wildman–Crippen LogP) is 4.50. The van der Waals surface area contributed by atoms with Crippen LogP contribution in [0.3, 0.4) is 0 Å². The normalized spacial score (nSPS) is 13.0. The summed E-state index contributed by atoms with van der Waals surface area (Å²) >= 11 is 1.17. The Bertz CT molecular complexity index is 1310. The predicted molar refractivity (Wildman–Crippen MR) is 133 cm³/mol. The molecular formula is C26H25FN4O3S. The van der Waals surface area contributed by atoms with Crippen molar-refractivity contribution < 1.29 is 18.7 Å². The number of carbonyl (C=O) groups excluding carboxylic acids is 1. The molecule has 9 heteroatoms. The number of aromatic nitrogens is 1. The SMILES string of the molecule is COc1ccc(-c2c(C#N)c(SCC(=O)Nc3ccccc3F)nc3c2CN(C)CC3)cc1OC. The summed E-state index contributed by atoms with van der Waals surface area (Å²) in [4.78, 5) is 19.5. The number of carbonyl (C=O) groups is 1. The summed E-state index contributed by atoms with van der Waals surface area (Å²) in [5.41, 5.74) is 4.00. The van der Waals surface area contributed by atoms with Crippen molar-refractivity contribution in [3.8, 4) is 28.7 Å². The van der Waals surface area contributed by atoms with Crippen LogP contribution in [0.15, 0.2) is 47.5 Å². The molecule has 2 heterocycles. The standard InChI is InChI=1S/C26H25FN4O3S/c1-31-11-10-20-18(14-31)25(16-8-9-22(33-2)23(12-16)34-3)17(13-28)26(30-20)35-15-24(32)29-21-7-5-4-6-19(21)27/h4-9,12H,10-11,14-15H2,1-3H3,(H,29,32). The van der Waals surface area contributed by atoms with E-state index in [-0.39, 0.29) is 17.3 Å². The Morgan fingerprint density at radius 1 is 1.23 bits per heavy atom. The van der Waals surface area contributed by atoms with E-state index in [0.717, 1.165) is 35.3 Å². The first kappa shape index (κ1) is 24.5. The van der Waals surface area contributed by atoms with Crippen molar-refractivity contribution in [2.75, 3.05) is 38.9 Å². The highest BCUT2D eigenvalue weighted by molar-refractivity contribution is 8.00. The zero-order valence-electron chi connectivity index (χ0n) is 19.7. The third-order valence-corrected chi connectivity index (χ3v) is 6.76. The van der Waals surface area contributed by atoms with Gasteiger partial charge < -0.3 is 19.7 Å². The number of thioether (sulfide) groups is 1. The monoisotopic (exact) mass is 492 g/mol. The van der Waals surface area contributed by atoms with Crippen molar-refractivity contribution in [1.82, 2.24) is 9.88 Å². The molecule has 0 spiro atoms. The molecule has 1 aliphatic heterocycles. The molecule has 4 rings (SSSR count). The Morgan fingerprint density at radius 2 is 2.00 bits per heavy atom. The molecule has 2 aromatic carbocycles. The van der Waals surface area contributed by atoms with E-state index in [9.17, 15) is 14.4 Å². The zero-order chi connectivity index (χ0) is 24.9. The first-order valence-corrected chi connectivity index (χ1v) is 12.0. The van der Waals surface area contributed by atoms with E-state index in [0.29, 0.717) is 28.6 Å². The van der Waals surface area contributed by atoms with E-state index in [4.69, 9.17) is 14.5 Å². The molecule has 0 fully saturated rings. The maximum absolute atomic E-state index is 13.9. The third-order valence-electron chi connectivity index (χ3n) is 5.78. The van der Waals surface area contributed by atoms with Gasteiger partial charge in [0.1, 0.15) is 16.9 Å². The van der Waals surface area contributed by atoms with E-state index in [2.05, 4.69) is 16.3 Å². The van der Waals surface area contributed by atoms with Crippen LogP contribution in [0.2, 0.25) is 0 Å². The largest absolute Gasteiger partial charge is 0.493 e. The van der Waals surface area contributed by atoms with E-state index in [1.54, 1.807) is 26.4 Å². The molecule has 1 amide bonds. The van der Waals surface area contributed by atoms with Crippen molar-refractivity contribution in [1.29, 1.82) is 5.26 Å².